The third-order valence-corrected chi connectivity index (χ3v) is 6.76. The van der Waals surface area contributed by atoms with Gasteiger partial charge < -0.3 is 10.1 Å². The summed E-state index contributed by atoms with van der Waals surface area (Å²) in [5.41, 5.74) is 4.53. The van der Waals surface area contributed by atoms with Gasteiger partial charge in [-0.25, -0.2) is 12.9 Å². The van der Waals surface area contributed by atoms with Crippen LogP contribution < -0.4 is 5.32 Å². The van der Waals surface area contributed by atoms with E-state index in [4.69, 9.17) is 4.74 Å². The summed E-state index contributed by atoms with van der Waals surface area (Å²) in [6.07, 6.45) is 1.20. The highest BCUT2D eigenvalue weighted by atomic mass is 32.2. The van der Waals surface area contributed by atoms with Gasteiger partial charge in [-0.3, -0.25) is 4.90 Å². The molecule has 1 aliphatic heterocycles. The molecule has 2 aromatic heterocycles. The van der Waals surface area contributed by atoms with Crippen molar-refractivity contribution in [3.63, 3.8) is 0 Å². The fraction of sp³-hybridized carbons (Fsp3) is 0.250. The van der Waals surface area contributed by atoms with Crippen molar-refractivity contribution < 1.29 is 13.2 Å². The Morgan fingerprint density at radius 2 is 1.76 bits per heavy atom. The minimum atomic E-state index is -3.24. The summed E-state index contributed by atoms with van der Waals surface area (Å²) < 4.78 is 30.7. The van der Waals surface area contributed by atoms with Gasteiger partial charge in [-0.2, -0.15) is 4.98 Å². The van der Waals surface area contributed by atoms with Gasteiger partial charge in [0.25, 0.3) is 0 Å². The number of fused-ring (bicyclic) bond motifs is 1. The summed E-state index contributed by atoms with van der Waals surface area (Å²) in [4.78, 5) is 7.28. The zero-order chi connectivity index (χ0) is 22.8. The molecule has 0 saturated carbocycles. The number of sulfone groups is 1. The summed E-state index contributed by atoms with van der Waals surface area (Å²) in [7, 11) is -3.24. The number of rotatable bonds is 6. The predicted octanol–water partition coefficient (Wildman–Crippen LogP) is 3.38. The molecule has 2 aromatic carbocycles. The zero-order valence-electron chi connectivity index (χ0n) is 18.3. The maximum absolute atomic E-state index is 11.8. The van der Waals surface area contributed by atoms with Crippen molar-refractivity contribution in [3.8, 4) is 11.3 Å². The monoisotopic (exact) mass is 463 g/mol. The molecule has 4 aromatic rings. The van der Waals surface area contributed by atoms with Crippen molar-refractivity contribution in [1.82, 2.24) is 19.5 Å². The summed E-state index contributed by atoms with van der Waals surface area (Å²) >= 11 is 0. The largest absolute Gasteiger partial charge is 0.379 e. The molecule has 0 bridgehead atoms. The Kier molecular flexibility index (Phi) is 5.84. The molecule has 1 N–H and O–H groups in total. The van der Waals surface area contributed by atoms with Crippen molar-refractivity contribution in [3.05, 3.63) is 72.3 Å². The number of ether oxygens (including phenoxy) is 1. The molecule has 0 amide bonds. The number of benzene rings is 2. The van der Waals surface area contributed by atoms with E-state index in [2.05, 4.69) is 32.4 Å². The Bertz CT molecular complexity index is 1380. The van der Waals surface area contributed by atoms with Gasteiger partial charge in [0, 0.05) is 37.1 Å². The molecule has 170 valence electrons. The molecule has 9 heteroatoms. The molecule has 33 heavy (non-hydrogen) atoms. The number of pyridine rings is 1. The van der Waals surface area contributed by atoms with Crippen LogP contribution in [-0.4, -0.2) is 60.5 Å². The number of hydrogen-bond donors (Lipinski definition) is 1. The average molecular weight is 464 g/mol. The highest BCUT2D eigenvalue weighted by Crippen LogP contribution is 2.24. The molecular weight excluding hydrogens is 438 g/mol. The van der Waals surface area contributed by atoms with E-state index in [-0.39, 0.29) is 4.90 Å². The predicted molar refractivity (Wildman–Crippen MR) is 127 cm³/mol. The van der Waals surface area contributed by atoms with Gasteiger partial charge in [0.1, 0.15) is 0 Å². The molecule has 0 spiro atoms. The second-order valence-electron chi connectivity index (χ2n) is 8.13. The van der Waals surface area contributed by atoms with E-state index in [0.717, 1.165) is 49.8 Å². The average Bonchev–Trinajstić information content (AvgIpc) is 3.22. The van der Waals surface area contributed by atoms with Crippen LogP contribution in [-0.2, 0) is 21.1 Å². The fourth-order valence-electron chi connectivity index (χ4n) is 3.94. The minimum Gasteiger partial charge on any atom is -0.379 e. The molecule has 0 unspecified atom stereocenters. The van der Waals surface area contributed by atoms with Gasteiger partial charge in [-0.1, -0.05) is 30.3 Å². The summed E-state index contributed by atoms with van der Waals surface area (Å²) in [5, 5.41) is 7.96. The van der Waals surface area contributed by atoms with Gasteiger partial charge in [-0.05, 0) is 42.0 Å². The van der Waals surface area contributed by atoms with E-state index in [1.807, 2.05) is 30.3 Å². The molecule has 1 saturated heterocycles. The molecule has 5 rings (SSSR count). The summed E-state index contributed by atoms with van der Waals surface area (Å²) in [5.74, 6) is 0.499. The van der Waals surface area contributed by atoms with E-state index in [1.165, 1.54) is 11.8 Å². The number of anilines is 2. The zero-order valence-corrected chi connectivity index (χ0v) is 19.1. The van der Waals surface area contributed by atoms with Crippen LogP contribution in [0.2, 0.25) is 0 Å². The fourth-order valence-corrected chi connectivity index (χ4v) is 4.57. The second kappa shape index (κ2) is 8.93. The van der Waals surface area contributed by atoms with Crippen molar-refractivity contribution in [1.29, 1.82) is 0 Å². The van der Waals surface area contributed by atoms with Gasteiger partial charge >= 0.3 is 0 Å². The van der Waals surface area contributed by atoms with Crippen LogP contribution in [0.4, 0.5) is 11.6 Å². The first-order valence-corrected chi connectivity index (χ1v) is 12.7. The van der Waals surface area contributed by atoms with Crippen LogP contribution in [0.3, 0.4) is 0 Å². The maximum Gasteiger partial charge on any atom is 0.247 e. The van der Waals surface area contributed by atoms with Crippen molar-refractivity contribution in [2.75, 3.05) is 37.9 Å². The van der Waals surface area contributed by atoms with Crippen molar-refractivity contribution in [2.45, 2.75) is 11.4 Å². The first kappa shape index (κ1) is 21.6. The van der Waals surface area contributed by atoms with E-state index < -0.39 is 9.84 Å². The molecule has 8 nitrogen and oxygen atoms in total. The highest BCUT2D eigenvalue weighted by Gasteiger charge is 2.13. The Labute approximate surface area is 192 Å². The third kappa shape index (κ3) is 4.90. The van der Waals surface area contributed by atoms with E-state index in [0.29, 0.717) is 11.6 Å². The van der Waals surface area contributed by atoms with Crippen LogP contribution in [0.1, 0.15) is 5.56 Å². The van der Waals surface area contributed by atoms with Gasteiger partial charge in [0.05, 0.1) is 23.8 Å². The molecular formula is C24H25N5O3S. The van der Waals surface area contributed by atoms with Gasteiger partial charge in [-0.15, -0.1) is 5.10 Å². The quantitative estimate of drug-likeness (QED) is 0.469. The topological polar surface area (TPSA) is 88.8 Å². The summed E-state index contributed by atoms with van der Waals surface area (Å²) in [6.45, 7) is 4.33. The number of nitrogens with one attached hydrogen (secondary N) is 1. The second-order valence-corrected chi connectivity index (χ2v) is 10.1. The van der Waals surface area contributed by atoms with Crippen molar-refractivity contribution >= 4 is 27.1 Å². The van der Waals surface area contributed by atoms with E-state index in [9.17, 15) is 8.42 Å². The Morgan fingerprint density at radius 3 is 2.52 bits per heavy atom. The molecule has 1 aliphatic rings. The lowest BCUT2D eigenvalue weighted by molar-refractivity contribution is 0.0342. The molecule has 1 fully saturated rings. The SMILES string of the molecule is CS(=O)(=O)c1ccc(-c2cccc3nc(Nc4cccc(CN5CCOCC5)c4)nn23)cc1. The van der Waals surface area contributed by atoms with Crippen LogP contribution >= 0.6 is 0 Å². The van der Waals surface area contributed by atoms with E-state index in [1.54, 1.807) is 28.8 Å². The number of morpholine rings is 1. The lowest BCUT2D eigenvalue weighted by atomic mass is 10.1. The van der Waals surface area contributed by atoms with Crippen LogP contribution in [0.25, 0.3) is 16.9 Å². The lowest BCUT2D eigenvalue weighted by Crippen LogP contribution is -2.35. The van der Waals surface area contributed by atoms with E-state index >= 15 is 0 Å². The molecule has 0 aliphatic carbocycles. The molecule has 0 radical (unpaired) electrons. The first-order valence-electron chi connectivity index (χ1n) is 10.8. The van der Waals surface area contributed by atoms with Crippen LogP contribution in [0, 0.1) is 0 Å². The molecule has 0 atom stereocenters. The van der Waals surface area contributed by atoms with Gasteiger partial charge in [0.2, 0.25) is 5.95 Å². The smallest absolute Gasteiger partial charge is 0.247 e. The van der Waals surface area contributed by atoms with Crippen molar-refractivity contribution in [2.24, 2.45) is 0 Å². The number of hydrogen-bond acceptors (Lipinski definition) is 7. The lowest BCUT2D eigenvalue weighted by Gasteiger charge is -2.26. The number of aromatic nitrogens is 3. The molecule has 3 heterocycles. The standard InChI is InChI=1S/C24H25N5O3S/c1-33(30,31)21-10-8-19(9-11-21)22-6-3-7-23-26-24(27-29(22)23)25-20-5-2-4-18(16-20)17-28-12-14-32-15-13-28/h2-11,16H,12-15,17H2,1H3,(H,25,27). The first-order chi connectivity index (χ1) is 16.0. The van der Waals surface area contributed by atoms with Crippen LogP contribution in [0.15, 0.2) is 71.6 Å². The third-order valence-electron chi connectivity index (χ3n) is 5.63. The Hall–Kier alpha value is -3.27. The van der Waals surface area contributed by atoms with Crippen LogP contribution in [0.5, 0.6) is 0 Å². The normalized spacial score (nSPS) is 15.1. The highest BCUT2D eigenvalue weighted by molar-refractivity contribution is 7.90. The maximum atomic E-state index is 11.8. The summed E-state index contributed by atoms with van der Waals surface area (Å²) in [6, 6.07) is 20.8. The Morgan fingerprint density at radius 1 is 1.00 bits per heavy atom. The minimum absolute atomic E-state index is 0.288. The number of nitrogens with zero attached hydrogens (tertiary/aromatic N) is 4. The van der Waals surface area contributed by atoms with Gasteiger partial charge in [0.15, 0.2) is 15.5 Å². The Balaban J connectivity index is 1.39.